The summed E-state index contributed by atoms with van der Waals surface area (Å²) in [4.78, 5) is 36.3. The van der Waals surface area contributed by atoms with Gasteiger partial charge in [0.15, 0.2) is 5.13 Å². The molecule has 10 nitrogen and oxygen atoms in total. The summed E-state index contributed by atoms with van der Waals surface area (Å²) in [6.07, 6.45) is 2.39. The highest BCUT2D eigenvalue weighted by atomic mass is 32.2. The first-order valence-corrected chi connectivity index (χ1v) is 12.7. The highest BCUT2D eigenvalue weighted by molar-refractivity contribution is 7.89. The van der Waals surface area contributed by atoms with Crippen LogP contribution in [-0.4, -0.2) is 58.0 Å². The molecule has 4 aromatic rings. The summed E-state index contributed by atoms with van der Waals surface area (Å²) >= 11 is 1.50. The highest BCUT2D eigenvalue weighted by Gasteiger charge is 2.28. The number of rotatable bonds is 3. The van der Waals surface area contributed by atoms with Gasteiger partial charge in [0.1, 0.15) is 10.3 Å². The number of hydrogen-bond acceptors (Lipinski definition) is 8. The number of nitrogens with zero attached hydrogens (tertiary/aromatic N) is 6. The molecule has 0 bridgehead atoms. The lowest BCUT2D eigenvalue weighted by Crippen LogP contribution is -2.39. The molecule has 0 unspecified atom stereocenters. The van der Waals surface area contributed by atoms with E-state index in [-0.39, 0.29) is 4.90 Å². The van der Waals surface area contributed by atoms with E-state index in [1.165, 1.54) is 51.0 Å². The van der Waals surface area contributed by atoms with E-state index >= 15 is 0 Å². The third-order valence-electron chi connectivity index (χ3n) is 5.98. The minimum absolute atomic E-state index is 0.0984. The van der Waals surface area contributed by atoms with Crippen molar-refractivity contribution in [1.82, 2.24) is 23.4 Å². The Morgan fingerprint density at radius 3 is 2.45 bits per heavy atom. The van der Waals surface area contributed by atoms with Crippen LogP contribution < -0.4 is 16.0 Å². The lowest BCUT2D eigenvalue weighted by molar-refractivity contribution is 0.433. The summed E-state index contributed by atoms with van der Waals surface area (Å²) in [5, 5.41) is 0.838. The van der Waals surface area contributed by atoms with Crippen molar-refractivity contribution in [2.24, 2.45) is 14.1 Å². The number of pyridine rings is 1. The number of thiazole rings is 1. The first-order chi connectivity index (χ1) is 15.8. The Hall–Kier alpha value is -3.09. The molecule has 0 atom stereocenters. The van der Waals surface area contributed by atoms with E-state index < -0.39 is 21.1 Å². The van der Waals surface area contributed by atoms with Crippen molar-refractivity contribution in [2.75, 3.05) is 31.1 Å². The first kappa shape index (κ1) is 21.7. The van der Waals surface area contributed by atoms with E-state index in [0.717, 1.165) is 15.5 Å². The van der Waals surface area contributed by atoms with E-state index in [1.54, 1.807) is 12.3 Å². The van der Waals surface area contributed by atoms with Gasteiger partial charge >= 0.3 is 11.1 Å². The minimum atomic E-state index is -3.79. The molecule has 0 amide bonds. The van der Waals surface area contributed by atoms with Crippen LogP contribution in [0.3, 0.4) is 0 Å². The lowest BCUT2D eigenvalue weighted by Gasteiger charge is -2.21. The van der Waals surface area contributed by atoms with E-state index in [2.05, 4.69) is 14.9 Å². The third kappa shape index (κ3) is 3.63. The fraction of sp³-hybridized carbons (Fsp3) is 0.333. The Bertz CT molecular complexity index is 1570. The summed E-state index contributed by atoms with van der Waals surface area (Å²) in [5.74, 6) is 0. The molecule has 1 aliphatic heterocycles. The molecule has 0 radical (unpaired) electrons. The zero-order valence-electron chi connectivity index (χ0n) is 18.1. The number of aromatic nitrogens is 4. The standard InChI is InChI=1S/C21H22N6O4S2/c1-24-16-7-6-14(13-17(16)25(2)20(29)19(24)28)33(30,31)27-10-4-9-26(11-12-27)21-23-15-5-3-8-22-18(15)32-21/h3,5-8,13H,4,9-12H2,1-2H3. The SMILES string of the molecule is Cn1c(=O)c(=O)n(C)c2cc(S(=O)(=O)N3CCCN(c4nc5cccnc5s4)CC3)ccc21. The molecule has 1 saturated heterocycles. The van der Waals surface area contributed by atoms with Gasteiger partial charge in [-0.15, -0.1) is 0 Å². The van der Waals surface area contributed by atoms with Crippen molar-refractivity contribution in [1.29, 1.82) is 0 Å². The fourth-order valence-electron chi connectivity index (χ4n) is 4.09. The number of sulfonamides is 1. The summed E-state index contributed by atoms with van der Waals surface area (Å²) in [5.41, 5.74) is 0.366. The topological polar surface area (TPSA) is 110 Å². The van der Waals surface area contributed by atoms with Crippen LogP contribution in [0.1, 0.15) is 6.42 Å². The largest absolute Gasteiger partial charge is 0.347 e. The second-order valence-corrected chi connectivity index (χ2v) is 10.8. The van der Waals surface area contributed by atoms with Crippen LogP contribution in [0.25, 0.3) is 21.4 Å². The fourth-order valence-corrected chi connectivity index (χ4v) is 6.54. The van der Waals surface area contributed by atoms with Gasteiger partial charge < -0.3 is 14.0 Å². The van der Waals surface area contributed by atoms with Gasteiger partial charge in [0, 0.05) is 46.5 Å². The molecule has 3 aromatic heterocycles. The number of fused-ring (bicyclic) bond motifs is 2. The van der Waals surface area contributed by atoms with Gasteiger partial charge in [-0.3, -0.25) is 9.59 Å². The third-order valence-corrected chi connectivity index (χ3v) is 8.91. The molecule has 33 heavy (non-hydrogen) atoms. The molecule has 0 aliphatic carbocycles. The molecule has 172 valence electrons. The van der Waals surface area contributed by atoms with E-state index in [0.29, 0.717) is 43.6 Å². The van der Waals surface area contributed by atoms with Gasteiger partial charge in [0.25, 0.3) is 0 Å². The van der Waals surface area contributed by atoms with Gasteiger partial charge in [-0.1, -0.05) is 11.3 Å². The maximum absolute atomic E-state index is 13.4. The van der Waals surface area contributed by atoms with Crippen molar-refractivity contribution in [2.45, 2.75) is 11.3 Å². The molecule has 5 rings (SSSR count). The van der Waals surface area contributed by atoms with Crippen LogP contribution in [0.15, 0.2) is 51.0 Å². The summed E-state index contributed by atoms with van der Waals surface area (Å²) in [6.45, 7) is 1.90. The van der Waals surface area contributed by atoms with Gasteiger partial charge in [0.2, 0.25) is 10.0 Å². The predicted molar refractivity (Wildman–Crippen MR) is 127 cm³/mol. The second-order valence-electron chi connectivity index (χ2n) is 7.95. The number of anilines is 1. The highest BCUT2D eigenvalue weighted by Crippen LogP contribution is 2.28. The maximum Gasteiger partial charge on any atom is 0.316 e. The monoisotopic (exact) mass is 486 g/mol. The number of hydrogen-bond donors (Lipinski definition) is 0. The molecule has 1 aromatic carbocycles. The summed E-state index contributed by atoms with van der Waals surface area (Å²) in [6, 6.07) is 8.29. The molecule has 1 fully saturated rings. The molecular formula is C21H22N6O4S2. The van der Waals surface area contributed by atoms with Crippen LogP contribution in [0.4, 0.5) is 5.13 Å². The molecule has 0 spiro atoms. The van der Waals surface area contributed by atoms with Crippen molar-refractivity contribution in [3.8, 4) is 0 Å². The van der Waals surface area contributed by atoms with E-state index in [4.69, 9.17) is 0 Å². The smallest absolute Gasteiger partial charge is 0.316 e. The zero-order chi connectivity index (χ0) is 23.3. The van der Waals surface area contributed by atoms with E-state index in [1.807, 2.05) is 12.1 Å². The average molecular weight is 487 g/mol. The zero-order valence-corrected chi connectivity index (χ0v) is 19.8. The van der Waals surface area contributed by atoms with Crippen LogP contribution >= 0.6 is 11.3 Å². The molecule has 0 N–H and O–H groups in total. The van der Waals surface area contributed by atoms with Gasteiger partial charge in [-0.05, 0) is 36.8 Å². The Kier molecular flexibility index (Phi) is 5.30. The van der Waals surface area contributed by atoms with Crippen LogP contribution in [0.2, 0.25) is 0 Å². The van der Waals surface area contributed by atoms with Crippen LogP contribution in [0, 0.1) is 0 Å². The first-order valence-electron chi connectivity index (χ1n) is 10.4. The summed E-state index contributed by atoms with van der Waals surface area (Å²) < 4.78 is 30.8. The number of aryl methyl sites for hydroxylation is 2. The van der Waals surface area contributed by atoms with E-state index in [9.17, 15) is 18.0 Å². The Morgan fingerprint density at radius 2 is 1.70 bits per heavy atom. The van der Waals surface area contributed by atoms with Crippen LogP contribution in [0.5, 0.6) is 0 Å². The molecule has 4 heterocycles. The summed E-state index contributed by atoms with van der Waals surface area (Å²) in [7, 11) is -0.813. The van der Waals surface area contributed by atoms with Gasteiger partial charge in [0.05, 0.1) is 15.9 Å². The Balaban J connectivity index is 1.45. The van der Waals surface area contributed by atoms with Crippen LogP contribution in [-0.2, 0) is 24.1 Å². The van der Waals surface area contributed by atoms with Crippen molar-refractivity contribution in [3.05, 3.63) is 57.2 Å². The minimum Gasteiger partial charge on any atom is -0.347 e. The molecule has 0 saturated carbocycles. The Labute approximate surface area is 193 Å². The molecular weight excluding hydrogens is 464 g/mol. The Morgan fingerprint density at radius 1 is 0.939 bits per heavy atom. The molecule has 1 aliphatic rings. The van der Waals surface area contributed by atoms with Crippen molar-refractivity contribution < 1.29 is 8.42 Å². The second kappa shape index (κ2) is 8.04. The quantitative estimate of drug-likeness (QED) is 0.400. The maximum atomic E-state index is 13.4. The average Bonchev–Trinajstić information content (AvgIpc) is 3.09. The predicted octanol–water partition coefficient (Wildman–Crippen LogP) is 1.14. The van der Waals surface area contributed by atoms with Gasteiger partial charge in [-0.25, -0.2) is 18.4 Å². The van der Waals surface area contributed by atoms with Crippen molar-refractivity contribution in [3.63, 3.8) is 0 Å². The number of benzene rings is 1. The molecule has 12 heteroatoms. The normalized spacial score (nSPS) is 15.9. The van der Waals surface area contributed by atoms with Gasteiger partial charge in [-0.2, -0.15) is 4.31 Å². The van der Waals surface area contributed by atoms with Crippen molar-refractivity contribution >= 4 is 47.9 Å². The lowest BCUT2D eigenvalue weighted by atomic mass is 10.3.